The predicted octanol–water partition coefficient (Wildman–Crippen LogP) is 1.44. The second kappa shape index (κ2) is 6.70. The summed E-state index contributed by atoms with van der Waals surface area (Å²) in [5.41, 5.74) is 5.82. The van der Waals surface area contributed by atoms with Crippen LogP contribution in [0, 0.1) is 11.7 Å². The van der Waals surface area contributed by atoms with Crippen molar-refractivity contribution in [1.29, 1.82) is 0 Å². The van der Waals surface area contributed by atoms with Gasteiger partial charge in [-0.25, -0.2) is 9.18 Å². The monoisotopic (exact) mass is 349 g/mol. The van der Waals surface area contributed by atoms with Crippen LogP contribution in [-0.2, 0) is 14.3 Å². The Morgan fingerprint density at radius 3 is 2.80 bits per heavy atom. The van der Waals surface area contributed by atoms with Crippen LogP contribution in [0.1, 0.15) is 19.8 Å². The standard InChI is InChI=1S/C17H20FN3O4/c1-10-7-21(15(10)9-22)14-4-2-11(6-13(14)18)20-8-12(25-17(20)24)3-5-16(19)23/h2,4,6,9-10,12,15H,3,5,7-8H2,1H3,(H2,19,23). The summed E-state index contributed by atoms with van der Waals surface area (Å²) in [6, 6.07) is 4.13. The lowest BCUT2D eigenvalue weighted by atomic mass is 9.90. The second-order valence-electron chi connectivity index (χ2n) is 6.51. The van der Waals surface area contributed by atoms with Gasteiger partial charge < -0.3 is 20.2 Å². The maximum atomic E-state index is 14.5. The molecule has 1 aromatic carbocycles. The van der Waals surface area contributed by atoms with Gasteiger partial charge in [-0.3, -0.25) is 9.69 Å². The molecular weight excluding hydrogens is 329 g/mol. The van der Waals surface area contributed by atoms with Crippen molar-refractivity contribution in [3.8, 4) is 0 Å². The zero-order chi connectivity index (χ0) is 18.1. The number of aldehydes is 1. The third-order valence-corrected chi connectivity index (χ3v) is 4.71. The van der Waals surface area contributed by atoms with E-state index in [0.717, 1.165) is 6.29 Å². The average molecular weight is 349 g/mol. The van der Waals surface area contributed by atoms with Crippen LogP contribution >= 0.6 is 0 Å². The van der Waals surface area contributed by atoms with E-state index in [1.165, 1.54) is 11.0 Å². The molecule has 1 aromatic rings. The van der Waals surface area contributed by atoms with Gasteiger partial charge in [0.2, 0.25) is 5.91 Å². The normalized spacial score (nSPS) is 25.5. The number of anilines is 2. The molecule has 0 saturated carbocycles. The topological polar surface area (TPSA) is 92.9 Å². The molecule has 2 saturated heterocycles. The quantitative estimate of drug-likeness (QED) is 0.785. The summed E-state index contributed by atoms with van der Waals surface area (Å²) >= 11 is 0. The van der Waals surface area contributed by atoms with Gasteiger partial charge in [0.25, 0.3) is 0 Å². The molecule has 0 bridgehead atoms. The number of rotatable bonds is 6. The molecule has 2 heterocycles. The van der Waals surface area contributed by atoms with E-state index in [9.17, 15) is 18.8 Å². The molecule has 3 unspecified atom stereocenters. The van der Waals surface area contributed by atoms with E-state index >= 15 is 0 Å². The van der Waals surface area contributed by atoms with Crippen molar-refractivity contribution in [1.82, 2.24) is 0 Å². The molecule has 25 heavy (non-hydrogen) atoms. The molecule has 2 N–H and O–H groups in total. The maximum Gasteiger partial charge on any atom is 0.414 e. The number of amides is 2. The molecule has 2 aliphatic rings. The lowest BCUT2D eigenvalue weighted by molar-refractivity contribution is -0.118. The third kappa shape index (κ3) is 3.29. The van der Waals surface area contributed by atoms with Crippen LogP contribution in [0.3, 0.4) is 0 Å². The summed E-state index contributed by atoms with van der Waals surface area (Å²) in [4.78, 5) is 36.9. The largest absolute Gasteiger partial charge is 0.444 e. The van der Waals surface area contributed by atoms with Crippen molar-refractivity contribution in [3.05, 3.63) is 24.0 Å². The lowest BCUT2D eigenvalue weighted by Gasteiger charge is -2.45. The molecule has 0 spiro atoms. The Balaban J connectivity index is 1.71. The summed E-state index contributed by atoms with van der Waals surface area (Å²) in [6.45, 7) is 2.79. The number of nitrogens with two attached hydrogens (primary N) is 1. The molecular formula is C17H20FN3O4. The summed E-state index contributed by atoms with van der Waals surface area (Å²) in [5, 5.41) is 0. The fraction of sp³-hybridized carbons (Fsp3) is 0.471. The van der Waals surface area contributed by atoms with Crippen LogP contribution in [0.4, 0.5) is 20.6 Å². The van der Waals surface area contributed by atoms with Crippen molar-refractivity contribution in [2.75, 3.05) is 22.9 Å². The minimum atomic E-state index is -0.579. The van der Waals surface area contributed by atoms with E-state index in [2.05, 4.69) is 0 Å². The van der Waals surface area contributed by atoms with Crippen LogP contribution in [0.15, 0.2) is 18.2 Å². The van der Waals surface area contributed by atoms with Gasteiger partial charge in [-0.2, -0.15) is 0 Å². The molecule has 2 amide bonds. The van der Waals surface area contributed by atoms with Gasteiger partial charge in [-0.05, 0) is 24.6 Å². The number of benzene rings is 1. The first-order valence-electron chi connectivity index (χ1n) is 8.18. The number of primary amides is 1. The SMILES string of the molecule is CC1CN(c2ccc(N3CC(CCC(N)=O)OC3=O)cc2F)C1C=O. The zero-order valence-corrected chi connectivity index (χ0v) is 13.9. The van der Waals surface area contributed by atoms with Crippen molar-refractivity contribution in [2.45, 2.75) is 31.9 Å². The maximum absolute atomic E-state index is 14.5. The van der Waals surface area contributed by atoms with Crippen LogP contribution in [0.5, 0.6) is 0 Å². The van der Waals surface area contributed by atoms with Gasteiger partial charge in [0.15, 0.2) is 0 Å². The average Bonchev–Trinajstić information content (AvgIpc) is 2.92. The third-order valence-electron chi connectivity index (χ3n) is 4.71. The van der Waals surface area contributed by atoms with E-state index in [-0.39, 0.29) is 24.9 Å². The Labute approximate surface area is 144 Å². The number of ether oxygens (including phenoxy) is 1. The first-order valence-corrected chi connectivity index (χ1v) is 8.18. The highest BCUT2D eigenvalue weighted by molar-refractivity contribution is 5.90. The van der Waals surface area contributed by atoms with Gasteiger partial charge in [0.05, 0.1) is 24.0 Å². The van der Waals surface area contributed by atoms with E-state index in [1.54, 1.807) is 17.0 Å². The number of carbonyl (C=O) groups excluding carboxylic acids is 3. The zero-order valence-electron chi connectivity index (χ0n) is 13.9. The van der Waals surface area contributed by atoms with Crippen molar-refractivity contribution < 1.29 is 23.5 Å². The highest BCUT2D eigenvalue weighted by atomic mass is 19.1. The summed E-state index contributed by atoms with van der Waals surface area (Å²) < 4.78 is 19.7. The lowest BCUT2D eigenvalue weighted by Crippen LogP contribution is -2.56. The second-order valence-corrected chi connectivity index (χ2v) is 6.51. The first kappa shape index (κ1) is 17.2. The summed E-state index contributed by atoms with van der Waals surface area (Å²) in [7, 11) is 0. The van der Waals surface area contributed by atoms with Crippen LogP contribution < -0.4 is 15.5 Å². The molecule has 0 aliphatic carbocycles. The first-order chi connectivity index (χ1) is 11.9. The number of carbonyl (C=O) groups is 3. The van der Waals surface area contributed by atoms with Crippen LogP contribution in [0.2, 0.25) is 0 Å². The number of halogens is 1. The fourth-order valence-electron chi connectivity index (χ4n) is 3.26. The van der Waals surface area contributed by atoms with Gasteiger partial charge >= 0.3 is 6.09 Å². The van der Waals surface area contributed by atoms with E-state index in [1.807, 2.05) is 6.92 Å². The van der Waals surface area contributed by atoms with Crippen LogP contribution in [0.25, 0.3) is 0 Å². The van der Waals surface area contributed by atoms with Gasteiger partial charge in [-0.1, -0.05) is 6.92 Å². The molecule has 2 fully saturated rings. The number of hydrogen-bond donors (Lipinski definition) is 1. The molecule has 3 rings (SSSR count). The molecule has 8 heteroatoms. The van der Waals surface area contributed by atoms with Crippen molar-refractivity contribution >= 4 is 29.7 Å². The van der Waals surface area contributed by atoms with Gasteiger partial charge in [0, 0.05) is 18.9 Å². The van der Waals surface area contributed by atoms with Crippen LogP contribution in [-0.4, -0.2) is 43.5 Å². The number of nitrogens with zero attached hydrogens (tertiary/aromatic N) is 2. The summed E-state index contributed by atoms with van der Waals surface area (Å²) in [5.74, 6) is -0.765. The Morgan fingerprint density at radius 1 is 1.44 bits per heavy atom. The van der Waals surface area contributed by atoms with E-state index < -0.39 is 23.9 Å². The Hall–Kier alpha value is -2.64. The minimum absolute atomic E-state index is 0.124. The van der Waals surface area contributed by atoms with E-state index in [4.69, 9.17) is 10.5 Å². The Morgan fingerprint density at radius 2 is 2.20 bits per heavy atom. The minimum Gasteiger partial charge on any atom is -0.444 e. The molecule has 0 aromatic heterocycles. The predicted molar refractivity (Wildman–Crippen MR) is 88.8 cm³/mol. The molecule has 0 radical (unpaired) electrons. The molecule has 2 aliphatic heterocycles. The molecule has 134 valence electrons. The van der Waals surface area contributed by atoms with Crippen molar-refractivity contribution in [2.24, 2.45) is 11.7 Å². The van der Waals surface area contributed by atoms with Crippen molar-refractivity contribution in [3.63, 3.8) is 0 Å². The highest BCUT2D eigenvalue weighted by Crippen LogP contribution is 2.34. The molecule has 3 atom stereocenters. The van der Waals surface area contributed by atoms with Gasteiger partial charge in [-0.15, -0.1) is 0 Å². The summed E-state index contributed by atoms with van der Waals surface area (Å²) in [6.07, 6.45) is 0.260. The highest BCUT2D eigenvalue weighted by Gasteiger charge is 2.37. The number of cyclic esters (lactones) is 1. The Bertz CT molecular complexity index is 711. The fourth-order valence-corrected chi connectivity index (χ4v) is 3.26. The smallest absolute Gasteiger partial charge is 0.414 e. The number of hydrogen-bond acceptors (Lipinski definition) is 5. The Kier molecular flexibility index (Phi) is 4.61. The van der Waals surface area contributed by atoms with E-state index in [0.29, 0.717) is 24.3 Å². The van der Waals surface area contributed by atoms with Gasteiger partial charge in [0.1, 0.15) is 18.2 Å². The molecule has 7 nitrogen and oxygen atoms in total.